The van der Waals surface area contributed by atoms with Gasteiger partial charge in [0, 0.05) is 0 Å². The van der Waals surface area contributed by atoms with Crippen molar-refractivity contribution < 1.29 is 0 Å². The van der Waals surface area contributed by atoms with Gasteiger partial charge in [-0.1, -0.05) is 48.9 Å². The minimum absolute atomic E-state index is 0.0569. The Kier molecular flexibility index (Phi) is 2.59. The Hall–Kier alpha value is -0.455. The third-order valence-electron chi connectivity index (χ3n) is 3.62. The lowest BCUT2D eigenvalue weighted by atomic mass is 9.63. The predicted octanol–water partition coefficient (Wildman–Crippen LogP) is 3.66. The molecule has 0 nitrogen and oxygen atoms in total. The molecular formula is C13H19B. The molecule has 1 fully saturated rings. The molecule has 0 heterocycles. The highest BCUT2D eigenvalue weighted by Gasteiger charge is 2.30. The first-order chi connectivity index (χ1) is 6.57. The first kappa shape index (κ1) is 10.1. The van der Waals surface area contributed by atoms with E-state index >= 15 is 0 Å². The second-order valence-electron chi connectivity index (χ2n) is 5.35. The van der Waals surface area contributed by atoms with Gasteiger partial charge in [-0.05, 0) is 31.6 Å². The normalized spacial score (nSPS) is 42.6. The van der Waals surface area contributed by atoms with Crippen LogP contribution in [0, 0.1) is 11.8 Å². The molecule has 3 atom stereocenters. The summed E-state index contributed by atoms with van der Waals surface area (Å²) >= 11 is 0. The van der Waals surface area contributed by atoms with Crippen LogP contribution in [-0.2, 0) is 0 Å². The van der Waals surface area contributed by atoms with Gasteiger partial charge in [-0.2, -0.15) is 0 Å². The highest BCUT2D eigenvalue weighted by Crippen LogP contribution is 2.45. The lowest BCUT2D eigenvalue weighted by molar-refractivity contribution is 0.412. The molecule has 0 aromatic rings. The topological polar surface area (TPSA) is 0 Å². The van der Waals surface area contributed by atoms with Gasteiger partial charge in [-0.3, -0.25) is 0 Å². The molecule has 0 spiro atoms. The van der Waals surface area contributed by atoms with E-state index in [-0.39, 0.29) is 5.31 Å². The van der Waals surface area contributed by atoms with Gasteiger partial charge >= 0.3 is 0 Å². The Morgan fingerprint density at radius 2 is 2.21 bits per heavy atom. The summed E-state index contributed by atoms with van der Waals surface area (Å²) in [7, 11) is 6.28. The summed E-state index contributed by atoms with van der Waals surface area (Å²) in [4.78, 5) is 0. The van der Waals surface area contributed by atoms with E-state index in [1.54, 1.807) is 0 Å². The fraction of sp³-hybridized carbons (Fsp3) is 0.692. The van der Waals surface area contributed by atoms with Crippen molar-refractivity contribution in [3.8, 4) is 0 Å². The van der Waals surface area contributed by atoms with Crippen LogP contribution >= 0.6 is 0 Å². The van der Waals surface area contributed by atoms with Crippen LogP contribution in [0.3, 0.4) is 0 Å². The minimum atomic E-state index is 0.0569. The monoisotopic (exact) mass is 186 g/mol. The Morgan fingerprint density at radius 1 is 1.43 bits per heavy atom. The molecule has 0 aromatic carbocycles. The number of rotatable bonds is 0. The van der Waals surface area contributed by atoms with E-state index in [2.05, 4.69) is 32.1 Å². The van der Waals surface area contributed by atoms with Crippen LogP contribution in [0.2, 0.25) is 5.31 Å². The maximum absolute atomic E-state index is 6.28. The minimum Gasteiger partial charge on any atom is -0.0806 e. The quantitative estimate of drug-likeness (QED) is 0.506. The van der Waals surface area contributed by atoms with Crippen molar-refractivity contribution in [2.45, 2.75) is 44.8 Å². The average molecular weight is 186 g/mol. The van der Waals surface area contributed by atoms with Gasteiger partial charge in [0.05, 0.1) is 7.85 Å². The first-order valence-corrected chi connectivity index (χ1v) is 5.72. The van der Waals surface area contributed by atoms with Crippen molar-refractivity contribution in [2.24, 2.45) is 11.8 Å². The summed E-state index contributed by atoms with van der Waals surface area (Å²) < 4.78 is 0. The van der Waals surface area contributed by atoms with E-state index in [1.165, 1.54) is 24.8 Å². The van der Waals surface area contributed by atoms with E-state index in [1.807, 2.05) is 0 Å². The molecule has 0 amide bonds. The molecule has 14 heavy (non-hydrogen) atoms. The van der Waals surface area contributed by atoms with Crippen LogP contribution < -0.4 is 0 Å². The Balaban J connectivity index is 2.17. The van der Waals surface area contributed by atoms with Crippen LogP contribution in [0.4, 0.5) is 0 Å². The maximum Gasteiger partial charge on any atom is 0.0742 e. The molecular weight excluding hydrogens is 167 g/mol. The van der Waals surface area contributed by atoms with E-state index < -0.39 is 0 Å². The van der Waals surface area contributed by atoms with E-state index in [0.29, 0.717) is 5.92 Å². The van der Waals surface area contributed by atoms with E-state index in [4.69, 9.17) is 7.85 Å². The lowest BCUT2D eigenvalue weighted by Gasteiger charge is -2.29. The molecule has 2 aliphatic carbocycles. The van der Waals surface area contributed by atoms with Gasteiger partial charge in [0.2, 0.25) is 0 Å². The predicted molar refractivity (Wildman–Crippen MR) is 62.5 cm³/mol. The molecule has 0 bridgehead atoms. The van der Waals surface area contributed by atoms with Crippen LogP contribution in [0.5, 0.6) is 0 Å². The molecule has 0 aromatic heterocycles. The maximum atomic E-state index is 6.28. The van der Waals surface area contributed by atoms with Crippen LogP contribution in [0.1, 0.15) is 39.5 Å². The summed E-state index contributed by atoms with van der Waals surface area (Å²) in [5.41, 5.74) is 1.41. The molecule has 2 radical (unpaired) electrons. The van der Waals surface area contributed by atoms with Gasteiger partial charge in [0.25, 0.3) is 0 Å². The SMILES string of the molecule is [B]C1(C)CCCC2C=CC(C)=CC2C1. The highest BCUT2D eigenvalue weighted by molar-refractivity contribution is 6.14. The third-order valence-corrected chi connectivity index (χ3v) is 3.62. The van der Waals surface area contributed by atoms with Gasteiger partial charge in [0.15, 0.2) is 0 Å². The second-order valence-corrected chi connectivity index (χ2v) is 5.35. The Labute approximate surface area is 88.9 Å². The molecule has 2 aliphatic rings. The van der Waals surface area contributed by atoms with Gasteiger partial charge in [-0.15, -0.1) is 0 Å². The molecule has 3 unspecified atom stereocenters. The van der Waals surface area contributed by atoms with Crippen LogP contribution in [0.15, 0.2) is 23.8 Å². The number of allylic oxidation sites excluding steroid dienone is 4. The zero-order chi connectivity index (χ0) is 10.2. The zero-order valence-corrected chi connectivity index (χ0v) is 9.29. The first-order valence-electron chi connectivity index (χ1n) is 5.72. The second kappa shape index (κ2) is 3.60. The van der Waals surface area contributed by atoms with Gasteiger partial charge < -0.3 is 0 Å². The largest absolute Gasteiger partial charge is 0.0806 e. The molecule has 0 saturated heterocycles. The van der Waals surface area contributed by atoms with Crippen molar-refractivity contribution >= 4 is 7.85 Å². The zero-order valence-electron chi connectivity index (χ0n) is 9.29. The summed E-state index contributed by atoms with van der Waals surface area (Å²) in [6.07, 6.45) is 12.0. The molecule has 0 aliphatic heterocycles. The van der Waals surface area contributed by atoms with Crippen molar-refractivity contribution in [2.75, 3.05) is 0 Å². The van der Waals surface area contributed by atoms with Crippen LogP contribution in [-0.4, -0.2) is 7.85 Å². The smallest absolute Gasteiger partial charge is 0.0742 e. The van der Waals surface area contributed by atoms with Crippen LogP contribution in [0.25, 0.3) is 0 Å². The molecule has 0 N–H and O–H groups in total. The fourth-order valence-corrected chi connectivity index (χ4v) is 2.84. The van der Waals surface area contributed by atoms with Gasteiger partial charge in [-0.25, -0.2) is 0 Å². The summed E-state index contributed by atoms with van der Waals surface area (Å²) in [6, 6.07) is 0. The van der Waals surface area contributed by atoms with Crippen molar-refractivity contribution in [1.29, 1.82) is 0 Å². The Bertz CT molecular complexity index is 273. The van der Waals surface area contributed by atoms with E-state index in [0.717, 1.165) is 12.3 Å². The number of hydrogen-bond acceptors (Lipinski definition) is 0. The van der Waals surface area contributed by atoms with Crippen molar-refractivity contribution in [1.82, 2.24) is 0 Å². The highest BCUT2D eigenvalue weighted by atomic mass is 14.3. The van der Waals surface area contributed by atoms with Crippen molar-refractivity contribution in [3.63, 3.8) is 0 Å². The summed E-state index contributed by atoms with van der Waals surface area (Å²) in [5, 5.41) is 0.0569. The van der Waals surface area contributed by atoms with Gasteiger partial charge in [0.1, 0.15) is 0 Å². The molecule has 2 rings (SSSR count). The molecule has 1 saturated carbocycles. The third kappa shape index (κ3) is 2.13. The summed E-state index contributed by atoms with van der Waals surface area (Å²) in [6.45, 7) is 4.39. The standard InChI is InChI=1S/C13H19B/c1-10-5-6-11-4-3-7-13(2,14)9-12(11)8-10/h5-6,8,11-12H,3-4,7,9H2,1-2H3. The number of fused-ring (bicyclic) bond motifs is 1. The van der Waals surface area contributed by atoms with E-state index in [9.17, 15) is 0 Å². The Morgan fingerprint density at radius 3 is 3.00 bits per heavy atom. The lowest BCUT2D eigenvalue weighted by Crippen LogP contribution is -2.16. The average Bonchev–Trinajstić information content (AvgIpc) is 2.21. The summed E-state index contributed by atoms with van der Waals surface area (Å²) in [5.74, 6) is 1.45. The number of hydrogen-bond donors (Lipinski definition) is 0. The fourth-order valence-electron chi connectivity index (χ4n) is 2.84. The van der Waals surface area contributed by atoms with Crippen molar-refractivity contribution in [3.05, 3.63) is 23.8 Å². The molecule has 74 valence electrons. The molecule has 1 heteroatoms.